The molecule has 1 aliphatic rings. The van der Waals surface area contributed by atoms with Gasteiger partial charge in [0, 0.05) is 6.04 Å². The van der Waals surface area contributed by atoms with Gasteiger partial charge in [-0.15, -0.1) is 6.42 Å². The Labute approximate surface area is 61.7 Å². The average Bonchev–Trinajstić information content (AvgIpc) is 2.31. The fraction of sp³-hybridized carbons (Fsp3) is 0.750. The van der Waals surface area contributed by atoms with Gasteiger partial charge in [-0.05, 0) is 19.3 Å². The van der Waals surface area contributed by atoms with E-state index in [1.54, 1.807) is 0 Å². The molecule has 1 aliphatic carbocycles. The Balaban J connectivity index is 2.21. The van der Waals surface area contributed by atoms with E-state index >= 15 is 0 Å². The minimum absolute atomic E-state index is 0.216. The molecule has 0 bridgehead atoms. The molecule has 0 aromatic heterocycles. The van der Waals surface area contributed by atoms with Gasteiger partial charge in [0.15, 0.2) is 0 Å². The number of hydrogen-bond donors (Lipinski definition) is 1. The van der Waals surface area contributed by atoms with Crippen LogP contribution in [-0.4, -0.2) is 18.8 Å². The van der Waals surface area contributed by atoms with Crippen molar-refractivity contribution in [2.45, 2.75) is 31.4 Å². The molecule has 1 rings (SSSR count). The fourth-order valence-corrected chi connectivity index (χ4v) is 1.32. The maximum atomic E-state index is 5.73. The van der Waals surface area contributed by atoms with E-state index in [0.717, 1.165) is 12.8 Å². The molecule has 0 radical (unpaired) electrons. The second-order valence-electron chi connectivity index (χ2n) is 2.65. The number of hydrogen-bond acceptors (Lipinski definition) is 2. The normalized spacial score (nSPS) is 32.0. The van der Waals surface area contributed by atoms with Crippen molar-refractivity contribution in [3.05, 3.63) is 0 Å². The Morgan fingerprint density at radius 2 is 2.40 bits per heavy atom. The van der Waals surface area contributed by atoms with E-state index in [4.69, 9.17) is 16.9 Å². The molecular weight excluding hydrogens is 126 g/mol. The summed E-state index contributed by atoms with van der Waals surface area (Å²) < 4.78 is 5.30. The molecule has 2 N–H and O–H groups in total. The van der Waals surface area contributed by atoms with Crippen LogP contribution in [0.3, 0.4) is 0 Å². The van der Waals surface area contributed by atoms with Gasteiger partial charge in [-0.25, -0.2) is 0 Å². The standard InChI is InChI=1S/C8H13NO/c1-2-6-10-8-5-3-4-7(8)9/h1,7-8H,3-6,9H2. The van der Waals surface area contributed by atoms with E-state index in [1.807, 2.05) is 0 Å². The molecule has 0 aromatic carbocycles. The topological polar surface area (TPSA) is 35.2 Å². The molecule has 0 aliphatic heterocycles. The highest BCUT2D eigenvalue weighted by Crippen LogP contribution is 2.19. The summed E-state index contributed by atoms with van der Waals surface area (Å²) in [7, 11) is 0. The molecule has 10 heavy (non-hydrogen) atoms. The summed E-state index contributed by atoms with van der Waals surface area (Å²) >= 11 is 0. The quantitative estimate of drug-likeness (QED) is 0.566. The predicted molar refractivity (Wildman–Crippen MR) is 40.4 cm³/mol. The number of nitrogens with two attached hydrogens (primary N) is 1. The molecule has 0 spiro atoms. The third-order valence-corrected chi connectivity index (χ3v) is 1.88. The summed E-state index contributed by atoms with van der Waals surface area (Å²) in [6.45, 7) is 0.401. The fourth-order valence-electron chi connectivity index (χ4n) is 1.32. The van der Waals surface area contributed by atoms with E-state index < -0.39 is 0 Å². The Morgan fingerprint density at radius 3 is 2.90 bits per heavy atom. The predicted octanol–water partition coefficient (Wildman–Crippen LogP) is 0.516. The first-order valence-electron chi connectivity index (χ1n) is 3.65. The number of ether oxygens (including phenoxy) is 1. The van der Waals surface area contributed by atoms with Gasteiger partial charge in [0.2, 0.25) is 0 Å². The SMILES string of the molecule is C#CCOC1CCCC1N. The zero-order valence-corrected chi connectivity index (χ0v) is 6.05. The first-order valence-corrected chi connectivity index (χ1v) is 3.65. The van der Waals surface area contributed by atoms with Crippen molar-refractivity contribution in [3.63, 3.8) is 0 Å². The zero-order chi connectivity index (χ0) is 7.40. The highest BCUT2D eigenvalue weighted by Gasteiger charge is 2.23. The second kappa shape index (κ2) is 3.60. The lowest BCUT2D eigenvalue weighted by Gasteiger charge is -2.13. The smallest absolute Gasteiger partial charge is 0.107 e. The first-order chi connectivity index (χ1) is 4.84. The monoisotopic (exact) mass is 139 g/mol. The van der Waals surface area contributed by atoms with E-state index in [2.05, 4.69) is 5.92 Å². The molecule has 0 heterocycles. The summed E-state index contributed by atoms with van der Waals surface area (Å²) in [6, 6.07) is 0.216. The molecule has 2 heteroatoms. The zero-order valence-electron chi connectivity index (χ0n) is 6.05. The average molecular weight is 139 g/mol. The lowest BCUT2D eigenvalue weighted by Crippen LogP contribution is -2.31. The molecule has 1 fully saturated rings. The molecule has 2 nitrogen and oxygen atoms in total. The van der Waals surface area contributed by atoms with Gasteiger partial charge in [-0.3, -0.25) is 0 Å². The Bertz CT molecular complexity index is 139. The Hall–Kier alpha value is -0.520. The summed E-state index contributed by atoms with van der Waals surface area (Å²) in [5.74, 6) is 2.44. The molecule has 2 atom stereocenters. The molecular formula is C8H13NO. The second-order valence-corrected chi connectivity index (χ2v) is 2.65. The maximum absolute atomic E-state index is 5.73. The largest absolute Gasteiger partial charge is 0.364 e. The third-order valence-electron chi connectivity index (χ3n) is 1.88. The van der Waals surface area contributed by atoms with Gasteiger partial charge in [0.1, 0.15) is 6.61 Å². The van der Waals surface area contributed by atoms with Crippen LogP contribution in [0.15, 0.2) is 0 Å². The van der Waals surface area contributed by atoms with E-state index in [9.17, 15) is 0 Å². The van der Waals surface area contributed by atoms with Crippen LogP contribution in [0.1, 0.15) is 19.3 Å². The molecule has 2 unspecified atom stereocenters. The van der Waals surface area contributed by atoms with Crippen LogP contribution < -0.4 is 5.73 Å². The van der Waals surface area contributed by atoms with Crippen molar-refractivity contribution in [1.29, 1.82) is 0 Å². The van der Waals surface area contributed by atoms with Crippen molar-refractivity contribution in [2.75, 3.05) is 6.61 Å². The van der Waals surface area contributed by atoms with E-state index in [0.29, 0.717) is 6.61 Å². The summed E-state index contributed by atoms with van der Waals surface area (Å²) in [4.78, 5) is 0. The molecule has 56 valence electrons. The molecule has 0 amide bonds. The molecule has 1 saturated carbocycles. The van der Waals surface area contributed by atoms with Gasteiger partial charge in [-0.2, -0.15) is 0 Å². The highest BCUT2D eigenvalue weighted by molar-refractivity contribution is 4.87. The van der Waals surface area contributed by atoms with Crippen LogP contribution in [0.5, 0.6) is 0 Å². The van der Waals surface area contributed by atoms with Crippen LogP contribution in [0.4, 0.5) is 0 Å². The maximum Gasteiger partial charge on any atom is 0.107 e. The molecule has 0 saturated heterocycles. The Kier molecular flexibility index (Phi) is 2.73. The van der Waals surface area contributed by atoms with Crippen molar-refractivity contribution in [1.82, 2.24) is 0 Å². The van der Waals surface area contributed by atoms with Gasteiger partial charge < -0.3 is 10.5 Å². The van der Waals surface area contributed by atoms with Crippen LogP contribution in [0.25, 0.3) is 0 Å². The van der Waals surface area contributed by atoms with Crippen LogP contribution in [-0.2, 0) is 4.74 Å². The van der Waals surface area contributed by atoms with Crippen molar-refractivity contribution in [2.24, 2.45) is 5.73 Å². The van der Waals surface area contributed by atoms with Gasteiger partial charge in [0.05, 0.1) is 6.10 Å². The van der Waals surface area contributed by atoms with Crippen LogP contribution in [0.2, 0.25) is 0 Å². The van der Waals surface area contributed by atoms with Gasteiger partial charge in [-0.1, -0.05) is 5.92 Å². The summed E-state index contributed by atoms with van der Waals surface area (Å²) in [6.07, 6.45) is 8.58. The number of rotatable bonds is 2. The summed E-state index contributed by atoms with van der Waals surface area (Å²) in [5, 5.41) is 0. The van der Waals surface area contributed by atoms with E-state index in [-0.39, 0.29) is 12.1 Å². The third kappa shape index (κ3) is 1.73. The lowest BCUT2D eigenvalue weighted by molar-refractivity contribution is 0.0721. The van der Waals surface area contributed by atoms with Crippen molar-refractivity contribution in [3.8, 4) is 12.3 Å². The molecule has 0 aromatic rings. The van der Waals surface area contributed by atoms with Crippen LogP contribution >= 0.6 is 0 Å². The van der Waals surface area contributed by atoms with E-state index in [1.165, 1.54) is 6.42 Å². The minimum Gasteiger partial charge on any atom is -0.364 e. The first kappa shape index (κ1) is 7.59. The van der Waals surface area contributed by atoms with Crippen molar-refractivity contribution >= 4 is 0 Å². The minimum atomic E-state index is 0.216. The Morgan fingerprint density at radius 1 is 1.60 bits per heavy atom. The van der Waals surface area contributed by atoms with Gasteiger partial charge >= 0.3 is 0 Å². The lowest BCUT2D eigenvalue weighted by atomic mass is 10.2. The highest BCUT2D eigenvalue weighted by atomic mass is 16.5. The number of terminal acetylenes is 1. The van der Waals surface area contributed by atoms with Crippen molar-refractivity contribution < 1.29 is 4.74 Å². The van der Waals surface area contributed by atoms with Crippen LogP contribution in [0, 0.1) is 12.3 Å². The summed E-state index contributed by atoms with van der Waals surface area (Å²) in [5.41, 5.74) is 5.73. The van der Waals surface area contributed by atoms with Gasteiger partial charge in [0.25, 0.3) is 0 Å².